The quantitative estimate of drug-likeness (QED) is 0.555. The second kappa shape index (κ2) is 9.03. The third-order valence-corrected chi connectivity index (χ3v) is 6.53. The van der Waals surface area contributed by atoms with Gasteiger partial charge in [-0.15, -0.1) is 11.3 Å². The lowest BCUT2D eigenvalue weighted by Crippen LogP contribution is -2.40. The molecule has 3 heterocycles. The molecule has 7 heteroatoms. The fourth-order valence-electron chi connectivity index (χ4n) is 3.53. The molecule has 5 nitrogen and oxygen atoms in total. The van der Waals surface area contributed by atoms with Crippen molar-refractivity contribution in [3.05, 3.63) is 62.9 Å². The molecule has 2 aromatic heterocycles. The minimum Gasteiger partial charge on any atom is -0.355 e. The average molecular weight is 460 g/mol. The number of aromatic nitrogens is 1. The number of thiophene rings is 1. The highest BCUT2D eigenvalue weighted by Gasteiger charge is 2.24. The van der Waals surface area contributed by atoms with Gasteiger partial charge in [-0.2, -0.15) is 0 Å². The molecule has 1 aliphatic heterocycles. The summed E-state index contributed by atoms with van der Waals surface area (Å²) in [6, 6.07) is 13.8. The van der Waals surface area contributed by atoms with E-state index in [2.05, 4.69) is 48.8 Å². The van der Waals surface area contributed by atoms with Crippen molar-refractivity contribution in [2.24, 2.45) is 0 Å². The van der Waals surface area contributed by atoms with Crippen molar-refractivity contribution in [2.45, 2.75) is 25.3 Å². The maximum Gasteiger partial charge on any atom is 0.273 e. The van der Waals surface area contributed by atoms with Crippen molar-refractivity contribution >= 4 is 33.2 Å². The van der Waals surface area contributed by atoms with E-state index in [0.717, 1.165) is 23.1 Å². The van der Waals surface area contributed by atoms with Crippen LogP contribution in [0.4, 0.5) is 0 Å². The van der Waals surface area contributed by atoms with E-state index in [4.69, 9.17) is 4.52 Å². The summed E-state index contributed by atoms with van der Waals surface area (Å²) in [6.45, 7) is 2.73. The molecule has 146 valence electrons. The van der Waals surface area contributed by atoms with Crippen molar-refractivity contribution in [2.75, 3.05) is 19.6 Å². The normalized spacial score (nSPS) is 16.0. The molecule has 1 aromatic carbocycles. The van der Waals surface area contributed by atoms with Crippen LogP contribution in [0.25, 0.3) is 11.3 Å². The molecule has 0 spiro atoms. The highest BCUT2D eigenvalue weighted by Crippen LogP contribution is 2.28. The highest BCUT2D eigenvalue weighted by molar-refractivity contribution is 9.10. The van der Waals surface area contributed by atoms with Crippen LogP contribution in [0.2, 0.25) is 0 Å². The van der Waals surface area contributed by atoms with Gasteiger partial charge in [-0.25, -0.2) is 0 Å². The van der Waals surface area contributed by atoms with Crippen LogP contribution >= 0.6 is 27.3 Å². The van der Waals surface area contributed by atoms with E-state index < -0.39 is 0 Å². The Morgan fingerprint density at radius 1 is 1.21 bits per heavy atom. The van der Waals surface area contributed by atoms with E-state index in [9.17, 15) is 4.79 Å². The summed E-state index contributed by atoms with van der Waals surface area (Å²) in [5.74, 6) is 0.383. The Balaban J connectivity index is 1.43. The monoisotopic (exact) mass is 459 g/mol. The predicted molar refractivity (Wildman–Crippen MR) is 114 cm³/mol. The Kier molecular flexibility index (Phi) is 6.24. The molecule has 1 fully saturated rings. The summed E-state index contributed by atoms with van der Waals surface area (Å²) in [7, 11) is 0. The van der Waals surface area contributed by atoms with E-state index in [-0.39, 0.29) is 11.9 Å². The molecule has 3 aromatic rings. The van der Waals surface area contributed by atoms with Crippen molar-refractivity contribution in [3.8, 4) is 11.3 Å². The van der Waals surface area contributed by atoms with Gasteiger partial charge < -0.3 is 9.84 Å². The fraction of sp³-hybridized carbons (Fsp3) is 0.333. The Hall–Kier alpha value is -1.96. The van der Waals surface area contributed by atoms with Crippen LogP contribution in [-0.4, -0.2) is 35.6 Å². The maximum atomic E-state index is 12.6. The van der Waals surface area contributed by atoms with Crippen LogP contribution in [0.3, 0.4) is 0 Å². The number of halogens is 1. The minimum atomic E-state index is -0.203. The van der Waals surface area contributed by atoms with E-state index in [1.807, 2.05) is 24.3 Å². The fourth-order valence-corrected chi connectivity index (χ4v) is 4.66. The first-order chi connectivity index (χ1) is 13.7. The van der Waals surface area contributed by atoms with Gasteiger partial charge in [0, 0.05) is 27.5 Å². The topological polar surface area (TPSA) is 58.4 Å². The maximum absolute atomic E-state index is 12.6. The summed E-state index contributed by atoms with van der Waals surface area (Å²) in [6.07, 6.45) is 3.73. The van der Waals surface area contributed by atoms with Gasteiger partial charge in [0.15, 0.2) is 11.5 Å². The number of hydrogen-bond donors (Lipinski definition) is 1. The number of piperidine rings is 1. The van der Waals surface area contributed by atoms with Crippen LogP contribution in [0.1, 0.15) is 40.7 Å². The molecule has 4 rings (SSSR count). The molecule has 1 atom stereocenters. The number of carbonyl (C=O) groups is 1. The molecule has 0 bridgehead atoms. The minimum absolute atomic E-state index is 0.203. The number of hydrogen-bond acceptors (Lipinski definition) is 5. The molecule has 1 saturated heterocycles. The molecule has 0 aliphatic carbocycles. The Morgan fingerprint density at radius 2 is 2.00 bits per heavy atom. The van der Waals surface area contributed by atoms with Crippen molar-refractivity contribution in [3.63, 3.8) is 0 Å². The second-order valence-corrected chi connectivity index (χ2v) is 8.82. The second-order valence-electron chi connectivity index (χ2n) is 6.92. The Bertz CT molecular complexity index is 902. The zero-order valence-electron chi connectivity index (χ0n) is 15.4. The number of benzene rings is 1. The lowest BCUT2D eigenvalue weighted by Gasteiger charge is -2.34. The molecule has 0 unspecified atom stereocenters. The lowest BCUT2D eigenvalue weighted by atomic mass is 10.1. The van der Waals surface area contributed by atoms with Gasteiger partial charge >= 0.3 is 0 Å². The molecule has 1 amide bonds. The van der Waals surface area contributed by atoms with Gasteiger partial charge in [0.05, 0.1) is 6.04 Å². The lowest BCUT2D eigenvalue weighted by molar-refractivity contribution is 0.0917. The summed E-state index contributed by atoms with van der Waals surface area (Å²) in [4.78, 5) is 16.4. The van der Waals surface area contributed by atoms with E-state index >= 15 is 0 Å². The standard InChI is InChI=1S/C21H22BrN3O2S/c22-16-8-6-15(7-9-16)19-13-17(24-27-19)21(26)23-14-18(20-5-4-12-28-20)25-10-2-1-3-11-25/h4-9,12-13,18H,1-3,10-11,14H2,(H,23,26)/t18-/m1/s1. The first-order valence-electron chi connectivity index (χ1n) is 9.49. The molecular formula is C21H22BrN3O2S. The van der Waals surface area contributed by atoms with Crippen LogP contribution in [0.5, 0.6) is 0 Å². The number of likely N-dealkylation sites (tertiary alicyclic amines) is 1. The zero-order chi connectivity index (χ0) is 19.3. The third kappa shape index (κ3) is 4.54. The first-order valence-corrected chi connectivity index (χ1v) is 11.2. The van der Waals surface area contributed by atoms with Crippen LogP contribution < -0.4 is 5.32 Å². The summed E-state index contributed by atoms with van der Waals surface area (Å²) in [5.41, 5.74) is 1.20. The van der Waals surface area contributed by atoms with Gasteiger partial charge in [-0.1, -0.05) is 45.7 Å². The van der Waals surface area contributed by atoms with Gasteiger partial charge in [0.25, 0.3) is 5.91 Å². The Labute approximate surface area is 176 Å². The van der Waals surface area contributed by atoms with Gasteiger partial charge in [0.1, 0.15) is 0 Å². The first kappa shape index (κ1) is 19.4. The molecule has 28 heavy (non-hydrogen) atoms. The van der Waals surface area contributed by atoms with E-state index in [0.29, 0.717) is 18.0 Å². The number of amides is 1. The molecule has 1 aliphatic rings. The van der Waals surface area contributed by atoms with Crippen LogP contribution in [0.15, 0.2) is 56.8 Å². The molecule has 1 N–H and O–H groups in total. The van der Waals surface area contributed by atoms with Crippen molar-refractivity contribution < 1.29 is 9.32 Å². The molecule has 0 saturated carbocycles. The predicted octanol–water partition coefficient (Wildman–Crippen LogP) is 5.12. The van der Waals surface area contributed by atoms with Gasteiger partial charge in [-0.3, -0.25) is 9.69 Å². The zero-order valence-corrected chi connectivity index (χ0v) is 17.8. The Morgan fingerprint density at radius 3 is 2.71 bits per heavy atom. The summed E-state index contributed by atoms with van der Waals surface area (Å²) < 4.78 is 6.36. The largest absolute Gasteiger partial charge is 0.355 e. The smallest absolute Gasteiger partial charge is 0.273 e. The molecule has 0 radical (unpaired) electrons. The van der Waals surface area contributed by atoms with Crippen LogP contribution in [0, 0.1) is 0 Å². The van der Waals surface area contributed by atoms with Crippen molar-refractivity contribution in [1.82, 2.24) is 15.4 Å². The van der Waals surface area contributed by atoms with E-state index in [1.54, 1.807) is 17.4 Å². The SMILES string of the molecule is O=C(NC[C@H](c1cccs1)N1CCCCC1)c1cc(-c2ccc(Br)cc2)on1. The number of nitrogens with one attached hydrogen (secondary N) is 1. The van der Waals surface area contributed by atoms with Gasteiger partial charge in [-0.05, 0) is 49.5 Å². The van der Waals surface area contributed by atoms with Crippen LogP contribution in [-0.2, 0) is 0 Å². The molecular weight excluding hydrogens is 438 g/mol. The summed E-state index contributed by atoms with van der Waals surface area (Å²) >= 11 is 5.16. The van der Waals surface area contributed by atoms with E-state index in [1.165, 1.54) is 24.1 Å². The highest BCUT2D eigenvalue weighted by atomic mass is 79.9. The third-order valence-electron chi connectivity index (χ3n) is 5.03. The number of carbonyl (C=O) groups excluding carboxylic acids is 1. The summed E-state index contributed by atoms with van der Waals surface area (Å²) in [5, 5.41) is 9.11. The van der Waals surface area contributed by atoms with Crippen molar-refractivity contribution in [1.29, 1.82) is 0 Å². The number of rotatable bonds is 6. The van der Waals surface area contributed by atoms with Gasteiger partial charge in [0.2, 0.25) is 0 Å². The number of nitrogens with zero attached hydrogens (tertiary/aromatic N) is 2. The average Bonchev–Trinajstić information content (AvgIpc) is 3.42.